The predicted molar refractivity (Wildman–Crippen MR) is 75.2 cm³/mol. The normalized spacial score (nSPS) is 10.6. The Kier molecular flexibility index (Phi) is 5.76. The molecule has 0 unspecified atom stereocenters. The summed E-state index contributed by atoms with van der Waals surface area (Å²) in [5.74, 6) is 0.852. The summed E-state index contributed by atoms with van der Waals surface area (Å²) in [6.45, 7) is 8.66. The Bertz CT molecular complexity index is 445. The maximum atomic E-state index is 11.5. The highest BCUT2D eigenvalue weighted by Gasteiger charge is 2.09. The third-order valence-corrected chi connectivity index (χ3v) is 2.78. The molecule has 0 radical (unpaired) electrons. The number of methoxy groups -OCH3 is 1. The average molecular weight is 265 g/mol. The number of amides is 1. The van der Waals surface area contributed by atoms with E-state index < -0.39 is 0 Å². The molecule has 2 N–H and O–H groups in total. The van der Waals surface area contributed by atoms with Gasteiger partial charge in [-0.05, 0) is 27.7 Å². The van der Waals surface area contributed by atoms with Crippen molar-refractivity contribution >= 4 is 5.91 Å². The Morgan fingerprint density at radius 1 is 1.42 bits per heavy atom. The van der Waals surface area contributed by atoms with Crippen LogP contribution in [0.3, 0.4) is 0 Å². The second-order valence-corrected chi connectivity index (χ2v) is 4.87. The number of ether oxygens (including phenoxy) is 1. The summed E-state index contributed by atoms with van der Waals surface area (Å²) < 4.78 is 5.35. The van der Waals surface area contributed by atoms with Crippen LogP contribution >= 0.6 is 0 Å². The maximum absolute atomic E-state index is 11.5. The van der Waals surface area contributed by atoms with Gasteiger partial charge in [-0.2, -0.15) is 0 Å². The molecule has 0 atom stereocenters. The van der Waals surface area contributed by atoms with Gasteiger partial charge in [-0.25, -0.2) is 0 Å². The molecule has 1 heterocycles. The van der Waals surface area contributed by atoms with Gasteiger partial charge in [-0.15, -0.1) is 0 Å². The summed E-state index contributed by atoms with van der Waals surface area (Å²) in [4.78, 5) is 15.9. The highest BCUT2D eigenvalue weighted by atomic mass is 16.5. The number of rotatable bonds is 6. The van der Waals surface area contributed by atoms with Gasteiger partial charge in [0.2, 0.25) is 5.91 Å². The quantitative estimate of drug-likeness (QED) is 0.814. The van der Waals surface area contributed by atoms with Crippen LogP contribution in [0.25, 0.3) is 0 Å². The fraction of sp³-hybridized carbons (Fsp3) is 0.571. The number of nitrogens with zero attached hydrogens (tertiary/aromatic N) is 1. The van der Waals surface area contributed by atoms with E-state index in [4.69, 9.17) is 4.74 Å². The number of hydrogen-bond donors (Lipinski definition) is 2. The fourth-order valence-electron chi connectivity index (χ4n) is 1.92. The predicted octanol–water partition coefficient (Wildman–Crippen LogP) is 1.32. The first-order valence-corrected chi connectivity index (χ1v) is 6.44. The van der Waals surface area contributed by atoms with Crippen molar-refractivity contribution in [2.45, 2.75) is 40.3 Å². The highest BCUT2D eigenvalue weighted by molar-refractivity contribution is 5.78. The van der Waals surface area contributed by atoms with Crippen LogP contribution in [0.4, 0.5) is 0 Å². The van der Waals surface area contributed by atoms with E-state index in [0.717, 1.165) is 22.6 Å². The van der Waals surface area contributed by atoms with E-state index in [-0.39, 0.29) is 18.5 Å². The average Bonchev–Trinajstić information content (AvgIpc) is 2.32. The van der Waals surface area contributed by atoms with Crippen LogP contribution in [-0.4, -0.2) is 30.6 Å². The van der Waals surface area contributed by atoms with Gasteiger partial charge in [0.15, 0.2) is 0 Å². The molecular formula is C14H23N3O2. The second-order valence-electron chi connectivity index (χ2n) is 4.87. The summed E-state index contributed by atoms with van der Waals surface area (Å²) in [5.41, 5.74) is 2.93. The number of aromatic nitrogens is 1. The van der Waals surface area contributed by atoms with Gasteiger partial charge in [0.1, 0.15) is 5.75 Å². The molecule has 0 spiro atoms. The van der Waals surface area contributed by atoms with Crippen LogP contribution in [-0.2, 0) is 11.3 Å². The van der Waals surface area contributed by atoms with Gasteiger partial charge in [0, 0.05) is 29.9 Å². The topological polar surface area (TPSA) is 63.2 Å². The molecule has 0 saturated heterocycles. The highest BCUT2D eigenvalue weighted by Crippen LogP contribution is 2.23. The second kappa shape index (κ2) is 7.09. The third-order valence-electron chi connectivity index (χ3n) is 2.78. The molecule has 0 aromatic carbocycles. The zero-order chi connectivity index (χ0) is 14.4. The lowest BCUT2D eigenvalue weighted by Gasteiger charge is -2.13. The Labute approximate surface area is 114 Å². The molecule has 5 heteroatoms. The van der Waals surface area contributed by atoms with Gasteiger partial charge in [0.05, 0.1) is 19.3 Å². The van der Waals surface area contributed by atoms with E-state index in [9.17, 15) is 4.79 Å². The van der Waals surface area contributed by atoms with Crippen molar-refractivity contribution in [2.24, 2.45) is 0 Å². The minimum absolute atomic E-state index is 0.00766. The zero-order valence-electron chi connectivity index (χ0n) is 12.3. The lowest BCUT2D eigenvalue weighted by molar-refractivity contribution is -0.120. The first-order valence-electron chi connectivity index (χ1n) is 6.44. The van der Waals surface area contributed by atoms with Crippen LogP contribution in [0.5, 0.6) is 5.75 Å². The van der Waals surface area contributed by atoms with Crippen LogP contribution < -0.4 is 15.4 Å². The SMILES string of the molecule is COc1c(C)cnc(CNCC(=O)NC(C)C)c1C. The summed E-state index contributed by atoms with van der Waals surface area (Å²) in [6, 6.07) is 0.161. The molecule has 0 aliphatic carbocycles. The number of pyridine rings is 1. The Hall–Kier alpha value is -1.62. The van der Waals surface area contributed by atoms with Crippen LogP contribution in [0.15, 0.2) is 6.20 Å². The zero-order valence-corrected chi connectivity index (χ0v) is 12.3. The molecule has 5 nitrogen and oxygen atoms in total. The van der Waals surface area contributed by atoms with Gasteiger partial charge in [-0.1, -0.05) is 0 Å². The summed E-state index contributed by atoms with van der Waals surface area (Å²) >= 11 is 0. The van der Waals surface area contributed by atoms with Crippen LogP contribution in [0.1, 0.15) is 30.7 Å². The summed E-state index contributed by atoms with van der Waals surface area (Å²) in [5, 5.41) is 5.92. The van der Waals surface area contributed by atoms with Crippen molar-refractivity contribution in [3.05, 3.63) is 23.0 Å². The van der Waals surface area contributed by atoms with E-state index in [1.807, 2.05) is 27.7 Å². The molecule has 0 bridgehead atoms. The minimum Gasteiger partial charge on any atom is -0.496 e. The first kappa shape index (κ1) is 15.4. The number of carbonyl (C=O) groups is 1. The molecule has 19 heavy (non-hydrogen) atoms. The molecular weight excluding hydrogens is 242 g/mol. The fourth-order valence-corrected chi connectivity index (χ4v) is 1.92. The molecule has 1 amide bonds. The van der Waals surface area contributed by atoms with Crippen LogP contribution in [0.2, 0.25) is 0 Å². The Morgan fingerprint density at radius 2 is 2.11 bits per heavy atom. The first-order chi connectivity index (χ1) is 8.95. The maximum Gasteiger partial charge on any atom is 0.234 e. The van der Waals surface area contributed by atoms with Gasteiger partial charge >= 0.3 is 0 Å². The molecule has 0 aliphatic heterocycles. The Balaban J connectivity index is 2.57. The largest absolute Gasteiger partial charge is 0.496 e. The molecule has 0 fully saturated rings. The van der Waals surface area contributed by atoms with Crippen molar-refractivity contribution < 1.29 is 9.53 Å². The standard InChI is InChI=1S/C14H23N3O2/c1-9(2)17-13(18)8-15-7-12-11(4)14(19-5)10(3)6-16-12/h6,9,15H,7-8H2,1-5H3,(H,17,18). The van der Waals surface area contributed by atoms with Crippen LogP contribution in [0, 0.1) is 13.8 Å². The van der Waals surface area contributed by atoms with Gasteiger partial charge in [-0.3, -0.25) is 9.78 Å². The number of hydrogen-bond acceptors (Lipinski definition) is 4. The van der Waals surface area contributed by atoms with Crippen molar-refractivity contribution in [3.63, 3.8) is 0 Å². The molecule has 1 aromatic heterocycles. The van der Waals surface area contributed by atoms with Gasteiger partial charge in [0.25, 0.3) is 0 Å². The smallest absolute Gasteiger partial charge is 0.234 e. The van der Waals surface area contributed by atoms with E-state index >= 15 is 0 Å². The van der Waals surface area contributed by atoms with Gasteiger partial charge < -0.3 is 15.4 Å². The van der Waals surface area contributed by atoms with Crippen molar-refractivity contribution in [1.29, 1.82) is 0 Å². The van der Waals surface area contributed by atoms with Crippen molar-refractivity contribution in [2.75, 3.05) is 13.7 Å². The molecule has 106 valence electrons. The number of carbonyl (C=O) groups excluding carboxylic acids is 1. The molecule has 1 aromatic rings. The summed E-state index contributed by atoms with van der Waals surface area (Å²) in [7, 11) is 1.66. The monoisotopic (exact) mass is 265 g/mol. The van der Waals surface area contributed by atoms with E-state index in [2.05, 4.69) is 15.6 Å². The number of aryl methyl sites for hydroxylation is 1. The number of nitrogens with one attached hydrogen (secondary N) is 2. The minimum atomic E-state index is -0.00766. The Morgan fingerprint density at radius 3 is 2.68 bits per heavy atom. The summed E-state index contributed by atoms with van der Waals surface area (Å²) in [6.07, 6.45) is 1.79. The van der Waals surface area contributed by atoms with Crippen molar-refractivity contribution in [3.8, 4) is 5.75 Å². The van der Waals surface area contributed by atoms with E-state index in [0.29, 0.717) is 6.54 Å². The lowest BCUT2D eigenvalue weighted by Crippen LogP contribution is -2.37. The lowest BCUT2D eigenvalue weighted by atomic mass is 10.1. The van der Waals surface area contributed by atoms with E-state index in [1.54, 1.807) is 13.3 Å². The van der Waals surface area contributed by atoms with E-state index in [1.165, 1.54) is 0 Å². The third kappa shape index (κ3) is 4.52. The molecule has 0 aliphatic rings. The van der Waals surface area contributed by atoms with Crippen molar-refractivity contribution in [1.82, 2.24) is 15.6 Å². The molecule has 1 rings (SSSR count). The molecule has 0 saturated carbocycles.